The van der Waals surface area contributed by atoms with E-state index in [0.717, 1.165) is 6.07 Å². The van der Waals surface area contributed by atoms with Crippen LogP contribution in [0.5, 0.6) is 0 Å². The van der Waals surface area contributed by atoms with E-state index in [1.54, 1.807) is 6.07 Å². The molecule has 0 amide bonds. The van der Waals surface area contributed by atoms with Crippen molar-refractivity contribution in [2.45, 2.75) is 6.43 Å². The van der Waals surface area contributed by atoms with Gasteiger partial charge in [-0.2, -0.15) is 5.26 Å². The maximum absolute atomic E-state index is 12.8. The standard InChI is InChI=1S/C9H7F3N2/c10-8-2-1-7(3-6(8)4-13)14-5-9(11)12/h1-3,9,14H,5H2. The Kier molecular flexibility index (Phi) is 3.35. The highest BCUT2D eigenvalue weighted by molar-refractivity contribution is 5.49. The molecule has 0 fully saturated rings. The predicted molar refractivity (Wildman–Crippen MR) is 45.6 cm³/mol. The fourth-order valence-electron chi connectivity index (χ4n) is 0.916. The van der Waals surface area contributed by atoms with E-state index < -0.39 is 18.8 Å². The zero-order chi connectivity index (χ0) is 10.6. The summed E-state index contributed by atoms with van der Waals surface area (Å²) in [5.41, 5.74) is 0.146. The van der Waals surface area contributed by atoms with E-state index >= 15 is 0 Å². The molecule has 74 valence electrons. The largest absolute Gasteiger partial charge is 0.379 e. The Hall–Kier alpha value is -1.70. The van der Waals surface area contributed by atoms with Crippen LogP contribution in [0.1, 0.15) is 5.56 Å². The molecule has 0 saturated carbocycles. The minimum absolute atomic E-state index is 0.163. The lowest BCUT2D eigenvalue weighted by Gasteiger charge is -2.05. The lowest BCUT2D eigenvalue weighted by atomic mass is 10.2. The molecule has 0 spiro atoms. The van der Waals surface area contributed by atoms with Crippen molar-refractivity contribution in [2.24, 2.45) is 0 Å². The summed E-state index contributed by atoms with van der Waals surface area (Å²) in [6, 6.07) is 5.18. The maximum Gasteiger partial charge on any atom is 0.255 e. The van der Waals surface area contributed by atoms with Crippen molar-refractivity contribution in [1.29, 1.82) is 5.26 Å². The number of halogens is 3. The summed E-state index contributed by atoms with van der Waals surface area (Å²) in [5, 5.41) is 10.8. The first-order valence-corrected chi connectivity index (χ1v) is 3.85. The van der Waals surface area contributed by atoms with Crippen LogP contribution in [0.4, 0.5) is 18.9 Å². The number of nitriles is 1. The zero-order valence-electron chi connectivity index (χ0n) is 7.10. The number of nitrogens with one attached hydrogen (secondary N) is 1. The molecule has 1 aromatic rings. The van der Waals surface area contributed by atoms with Gasteiger partial charge in [0.1, 0.15) is 11.9 Å². The fraction of sp³-hybridized carbons (Fsp3) is 0.222. The van der Waals surface area contributed by atoms with Crippen molar-refractivity contribution in [1.82, 2.24) is 0 Å². The number of nitrogens with zero attached hydrogens (tertiary/aromatic N) is 1. The smallest absolute Gasteiger partial charge is 0.255 e. The average Bonchev–Trinajstić information content (AvgIpc) is 2.16. The van der Waals surface area contributed by atoms with E-state index in [2.05, 4.69) is 5.32 Å². The molecule has 0 saturated heterocycles. The molecular weight excluding hydrogens is 193 g/mol. The molecule has 0 aliphatic carbocycles. The van der Waals surface area contributed by atoms with Gasteiger partial charge < -0.3 is 5.32 Å². The van der Waals surface area contributed by atoms with Crippen LogP contribution in [-0.2, 0) is 0 Å². The molecule has 0 aliphatic heterocycles. The molecule has 0 heterocycles. The summed E-state index contributed by atoms with van der Waals surface area (Å²) in [6.07, 6.45) is -2.48. The summed E-state index contributed by atoms with van der Waals surface area (Å²) < 4.78 is 36.3. The van der Waals surface area contributed by atoms with Crippen molar-refractivity contribution >= 4 is 5.69 Å². The fourth-order valence-corrected chi connectivity index (χ4v) is 0.916. The Morgan fingerprint density at radius 1 is 1.43 bits per heavy atom. The zero-order valence-corrected chi connectivity index (χ0v) is 7.10. The number of alkyl halides is 2. The van der Waals surface area contributed by atoms with E-state index in [1.807, 2.05) is 0 Å². The van der Waals surface area contributed by atoms with Crippen LogP contribution in [0, 0.1) is 17.1 Å². The summed E-state index contributed by atoms with van der Waals surface area (Å²) in [4.78, 5) is 0. The van der Waals surface area contributed by atoms with Crippen LogP contribution in [-0.4, -0.2) is 13.0 Å². The molecule has 0 unspecified atom stereocenters. The molecule has 1 aromatic carbocycles. The van der Waals surface area contributed by atoms with Gasteiger partial charge in [-0.1, -0.05) is 0 Å². The van der Waals surface area contributed by atoms with Gasteiger partial charge in [0.05, 0.1) is 12.1 Å². The third-order valence-corrected chi connectivity index (χ3v) is 1.55. The molecule has 1 N–H and O–H groups in total. The lowest BCUT2D eigenvalue weighted by Crippen LogP contribution is -2.10. The summed E-state index contributed by atoms with van der Waals surface area (Å²) >= 11 is 0. The Labute approximate surface area is 79.0 Å². The van der Waals surface area contributed by atoms with Crippen molar-refractivity contribution in [3.63, 3.8) is 0 Å². The first-order valence-electron chi connectivity index (χ1n) is 3.85. The monoisotopic (exact) mass is 200 g/mol. The molecule has 0 radical (unpaired) electrons. The van der Waals surface area contributed by atoms with Crippen LogP contribution in [0.25, 0.3) is 0 Å². The summed E-state index contributed by atoms with van der Waals surface area (Å²) in [7, 11) is 0. The molecule has 0 bridgehead atoms. The Balaban J connectivity index is 2.76. The van der Waals surface area contributed by atoms with Gasteiger partial charge in [-0.05, 0) is 18.2 Å². The normalized spacial score (nSPS) is 9.93. The molecular formula is C9H7F3N2. The quantitative estimate of drug-likeness (QED) is 0.813. The second-order valence-corrected chi connectivity index (χ2v) is 2.58. The second-order valence-electron chi connectivity index (χ2n) is 2.58. The summed E-state index contributed by atoms with van der Waals surface area (Å²) in [5.74, 6) is -0.657. The van der Waals surface area contributed by atoms with Crippen LogP contribution >= 0.6 is 0 Å². The number of hydrogen-bond acceptors (Lipinski definition) is 2. The van der Waals surface area contributed by atoms with Crippen molar-refractivity contribution < 1.29 is 13.2 Å². The first kappa shape index (κ1) is 10.4. The lowest BCUT2D eigenvalue weighted by molar-refractivity contribution is 0.163. The van der Waals surface area contributed by atoms with Crippen molar-refractivity contribution in [2.75, 3.05) is 11.9 Å². The van der Waals surface area contributed by atoms with Crippen molar-refractivity contribution in [3.8, 4) is 6.07 Å². The molecule has 1 rings (SSSR count). The molecule has 0 aromatic heterocycles. The number of benzene rings is 1. The number of hydrogen-bond donors (Lipinski definition) is 1. The van der Waals surface area contributed by atoms with Gasteiger partial charge in [-0.3, -0.25) is 0 Å². The van der Waals surface area contributed by atoms with Gasteiger partial charge in [0.25, 0.3) is 6.43 Å². The van der Waals surface area contributed by atoms with Gasteiger partial charge in [0.2, 0.25) is 0 Å². The van der Waals surface area contributed by atoms with Crippen LogP contribution in [0.15, 0.2) is 18.2 Å². The maximum atomic E-state index is 12.8. The third-order valence-electron chi connectivity index (χ3n) is 1.55. The Morgan fingerprint density at radius 3 is 2.71 bits per heavy atom. The molecule has 2 nitrogen and oxygen atoms in total. The van der Waals surface area contributed by atoms with Gasteiger partial charge in [0.15, 0.2) is 0 Å². The Morgan fingerprint density at radius 2 is 2.14 bits per heavy atom. The van der Waals surface area contributed by atoms with Crippen molar-refractivity contribution in [3.05, 3.63) is 29.6 Å². The van der Waals surface area contributed by atoms with Crippen LogP contribution in [0.2, 0.25) is 0 Å². The first-order chi connectivity index (χ1) is 6.63. The van der Waals surface area contributed by atoms with E-state index in [0.29, 0.717) is 5.69 Å². The Bertz CT molecular complexity index is 358. The average molecular weight is 200 g/mol. The van der Waals surface area contributed by atoms with E-state index in [1.165, 1.54) is 12.1 Å². The van der Waals surface area contributed by atoms with Gasteiger partial charge in [-0.15, -0.1) is 0 Å². The van der Waals surface area contributed by atoms with Gasteiger partial charge in [-0.25, -0.2) is 13.2 Å². The minimum Gasteiger partial charge on any atom is -0.379 e. The number of rotatable bonds is 3. The topological polar surface area (TPSA) is 35.8 Å². The van der Waals surface area contributed by atoms with Crippen LogP contribution < -0.4 is 5.32 Å². The van der Waals surface area contributed by atoms with E-state index in [4.69, 9.17) is 5.26 Å². The minimum atomic E-state index is -2.48. The van der Waals surface area contributed by atoms with E-state index in [9.17, 15) is 13.2 Å². The van der Waals surface area contributed by atoms with Gasteiger partial charge in [0, 0.05) is 5.69 Å². The van der Waals surface area contributed by atoms with E-state index in [-0.39, 0.29) is 5.56 Å². The molecule has 14 heavy (non-hydrogen) atoms. The van der Waals surface area contributed by atoms with Crippen LogP contribution in [0.3, 0.4) is 0 Å². The highest BCUT2D eigenvalue weighted by Gasteiger charge is 2.04. The second kappa shape index (κ2) is 4.51. The number of anilines is 1. The SMILES string of the molecule is N#Cc1cc(NCC(F)F)ccc1F. The molecule has 5 heteroatoms. The molecule has 0 aliphatic rings. The highest BCUT2D eigenvalue weighted by Crippen LogP contribution is 2.13. The highest BCUT2D eigenvalue weighted by atomic mass is 19.3. The summed E-state index contributed by atoms with van der Waals surface area (Å²) in [6.45, 7) is -0.517. The third kappa shape index (κ3) is 2.66. The molecule has 0 atom stereocenters. The van der Waals surface area contributed by atoms with Gasteiger partial charge >= 0.3 is 0 Å². The predicted octanol–water partition coefficient (Wildman–Crippen LogP) is 2.37.